The van der Waals surface area contributed by atoms with Crippen LogP contribution in [0.25, 0.3) is 0 Å². The number of unbranched alkanes of at least 4 members (excludes halogenated alkanes) is 27. The summed E-state index contributed by atoms with van der Waals surface area (Å²) in [5.41, 5.74) is 5.53. The lowest BCUT2D eigenvalue weighted by molar-refractivity contribution is 0.514. The third kappa shape index (κ3) is 30.3. The second-order valence-electron chi connectivity index (χ2n) is 10.4. The van der Waals surface area contributed by atoms with Crippen LogP contribution in [0.5, 0.6) is 0 Å². The highest BCUT2D eigenvalue weighted by Gasteiger charge is 1.96. The predicted octanol–water partition coefficient (Wildman–Crippen LogP) is 10.8. The van der Waals surface area contributed by atoms with Crippen molar-refractivity contribution in [3.05, 3.63) is 0 Å². The SMILES string of the molecule is NCCCCCCCCCCCCCCCCCCCCCCCCCCCCCCS. The van der Waals surface area contributed by atoms with Crippen LogP contribution in [-0.2, 0) is 0 Å². The fourth-order valence-electron chi connectivity index (χ4n) is 4.85. The van der Waals surface area contributed by atoms with E-state index in [4.69, 9.17) is 5.73 Å². The second-order valence-corrected chi connectivity index (χ2v) is 10.9. The fourth-order valence-corrected chi connectivity index (χ4v) is 5.08. The zero-order valence-electron chi connectivity index (χ0n) is 22.2. The van der Waals surface area contributed by atoms with E-state index in [1.807, 2.05) is 0 Å². The van der Waals surface area contributed by atoms with Gasteiger partial charge < -0.3 is 5.73 Å². The average Bonchev–Trinajstić information content (AvgIpc) is 2.81. The topological polar surface area (TPSA) is 26.0 Å². The first kappa shape index (κ1) is 32.3. The first-order chi connectivity index (χ1) is 15.9. The lowest BCUT2D eigenvalue weighted by Gasteiger charge is -2.04. The van der Waals surface area contributed by atoms with Crippen LogP contribution in [-0.4, -0.2) is 12.3 Å². The molecule has 0 radical (unpaired) electrons. The molecule has 2 N–H and O–H groups in total. The van der Waals surface area contributed by atoms with Gasteiger partial charge in [0.25, 0.3) is 0 Å². The zero-order valence-corrected chi connectivity index (χ0v) is 23.1. The normalized spacial score (nSPS) is 11.4. The van der Waals surface area contributed by atoms with Crippen molar-refractivity contribution in [2.45, 2.75) is 180 Å². The van der Waals surface area contributed by atoms with E-state index in [-0.39, 0.29) is 0 Å². The van der Waals surface area contributed by atoms with Gasteiger partial charge in [0.1, 0.15) is 0 Å². The molecule has 0 saturated heterocycles. The molecule has 0 heterocycles. The first-order valence-electron chi connectivity index (χ1n) is 15.2. The van der Waals surface area contributed by atoms with Crippen molar-refractivity contribution in [2.24, 2.45) is 5.73 Å². The largest absolute Gasteiger partial charge is 0.330 e. The number of thiol groups is 1. The molecule has 0 unspecified atom stereocenters. The third-order valence-corrected chi connectivity index (χ3v) is 7.43. The zero-order chi connectivity index (χ0) is 23.2. The first-order valence-corrected chi connectivity index (χ1v) is 15.9. The van der Waals surface area contributed by atoms with Crippen molar-refractivity contribution in [3.8, 4) is 0 Å². The van der Waals surface area contributed by atoms with Gasteiger partial charge in [-0.25, -0.2) is 0 Å². The Bertz CT molecular complexity index is 277. The lowest BCUT2D eigenvalue weighted by atomic mass is 10.0. The van der Waals surface area contributed by atoms with Gasteiger partial charge in [0.05, 0.1) is 0 Å². The van der Waals surface area contributed by atoms with Crippen LogP contribution in [0, 0.1) is 0 Å². The van der Waals surface area contributed by atoms with Gasteiger partial charge >= 0.3 is 0 Å². The number of rotatable bonds is 29. The maximum Gasteiger partial charge on any atom is -0.00773 e. The molecule has 1 nitrogen and oxygen atoms in total. The Morgan fingerprint density at radius 1 is 0.250 bits per heavy atom. The summed E-state index contributed by atoms with van der Waals surface area (Å²) in [5.74, 6) is 1.07. The summed E-state index contributed by atoms with van der Waals surface area (Å²) >= 11 is 4.28. The van der Waals surface area contributed by atoms with Crippen molar-refractivity contribution in [2.75, 3.05) is 12.3 Å². The summed E-state index contributed by atoms with van der Waals surface area (Å²) in [4.78, 5) is 0. The molecular formula is C30H63NS. The van der Waals surface area contributed by atoms with Crippen LogP contribution in [0.15, 0.2) is 0 Å². The maximum absolute atomic E-state index is 5.53. The molecule has 0 aliphatic rings. The summed E-state index contributed by atoms with van der Waals surface area (Å²) in [7, 11) is 0. The smallest absolute Gasteiger partial charge is 0.00773 e. The molecule has 0 aromatic carbocycles. The molecule has 0 aromatic rings. The summed E-state index contributed by atoms with van der Waals surface area (Å²) in [6, 6.07) is 0. The quantitative estimate of drug-likeness (QED) is 0.0826. The van der Waals surface area contributed by atoms with Gasteiger partial charge in [0.15, 0.2) is 0 Å². The fraction of sp³-hybridized carbons (Fsp3) is 1.00. The van der Waals surface area contributed by atoms with Crippen LogP contribution in [0.2, 0.25) is 0 Å². The van der Waals surface area contributed by atoms with Crippen molar-refractivity contribution in [1.29, 1.82) is 0 Å². The van der Waals surface area contributed by atoms with Crippen molar-refractivity contribution < 1.29 is 0 Å². The molecule has 0 aromatic heterocycles. The minimum Gasteiger partial charge on any atom is -0.330 e. The Kier molecular flexibility index (Phi) is 31.6. The average molecular weight is 470 g/mol. The minimum atomic E-state index is 0.873. The summed E-state index contributed by atoms with van der Waals surface area (Å²) in [6.07, 6.45) is 40.5. The van der Waals surface area contributed by atoms with Crippen LogP contribution < -0.4 is 5.73 Å². The molecule has 0 atom stereocenters. The Labute approximate surface area is 210 Å². The van der Waals surface area contributed by atoms with Gasteiger partial charge in [0.2, 0.25) is 0 Å². The molecular weight excluding hydrogens is 406 g/mol. The second kappa shape index (κ2) is 31.3. The molecule has 0 saturated carbocycles. The Hall–Kier alpha value is 0.310. The molecule has 0 amide bonds. The molecule has 2 heteroatoms. The standard InChI is InChI=1S/C30H63NS/c31-29-27-25-23-21-19-17-15-13-11-9-7-5-3-1-2-4-6-8-10-12-14-16-18-20-22-24-26-28-30-32/h32H,1-31H2. The third-order valence-electron chi connectivity index (χ3n) is 7.11. The molecule has 0 bridgehead atoms. The van der Waals surface area contributed by atoms with E-state index in [9.17, 15) is 0 Å². The predicted molar refractivity (Wildman–Crippen MR) is 152 cm³/mol. The molecule has 0 rings (SSSR count). The van der Waals surface area contributed by atoms with Gasteiger partial charge in [-0.15, -0.1) is 0 Å². The van der Waals surface area contributed by atoms with E-state index >= 15 is 0 Å². The maximum atomic E-state index is 5.53. The van der Waals surface area contributed by atoms with Crippen LogP contribution in [0.3, 0.4) is 0 Å². The molecule has 0 spiro atoms. The highest BCUT2D eigenvalue weighted by molar-refractivity contribution is 7.80. The monoisotopic (exact) mass is 469 g/mol. The summed E-state index contributed by atoms with van der Waals surface area (Å²) < 4.78 is 0. The van der Waals surface area contributed by atoms with Crippen molar-refractivity contribution in [3.63, 3.8) is 0 Å². The van der Waals surface area contributed by atoms with E-state index in [1.54, 1.807) is 0 Å². The van der Waals surface area contributed by atoms with E-state index in [1.165, 1.54) is 180 Å². The number of nitrogens with two attached hydrogens (primary N) is 1. The highest BCUT2D eigenvalue weighted by Crippen LogP contribution is 2.16. The van der Waals surface area contributed by atoms with Crippen LogP contribution >= 0.6 is 12.6 Å². The molecule has 0 fully saturated rings. The van der Waals surface area contributed by atoms with Gasteiger partial charge in [-0.05, 0) is 25.1 Å². The molecule has 194 valence electrons. The van der Waals surface area contributed by atoms with Gasteiger partial charge in [-0.1, -0.05) is 167 Å². The van der Waals surface area contributed by atoms with Crippen molar-refractivity contribution in [1.82, 2.24) is 0 Å². The molecule has 0 aliphatic carbocycles. The van der Waals surface area contributed by atoms with E-state index in [0.717, 1.165) is 12.3 Å². The number of hydrogen-bond acceptors (Lipinski definition) is 2. The van der Waals surface area contributed by atoms with Crippen molar-refractivity contribution >= 4 is 12.6 Å². The Morgan fingerprint density at radius 3 is 0.562 bits per heavy atom. The van der Waals surface area contributed by atoms with Gasteiger partial charge in [0, 0.05) is 0 Å². The van der Waals surface area contributed by atoms with E-state index in [2.05, 4.69) is 12.6 Å². The summed E-state index contributed by atoms with van der Waals surface area (Å²) in [5, 5.41) is 0. The lowest BCUT2D eigenvalue weighted by Crippen LogP contribution is -1.97. The Balaban J connectivity index is 2.98. The molecule has 32 heavy (non-hydrogen) atoms. The van der Waals surface area contributed by atoms with Crippen LogP contribution in [0.4, 0.5) is 0 Å². The Morgan fingerprint density at radius 2 is 0.406 bits per heavy atom. The van der Waals surface area contributed by atoms with E-state index < -0.39 is 0 Å². The number of hydrogen-bond donors (Lipinski definition) is 2. The van der Waals surface area contributed by atoms with Crippen LogP contribution in [0.1, 0.15) is 180 Å². The van der Waals surface area contributed by atoms with Gasteiger partial charge in [-0.2, -0.15) is 12.6 Å². The minimum absolute atomic E-state index is 0.873. The van der Waals surface area contributed by atoms with E-state index in [0.29, 0.717) is 0 Å². The summed E-state index contributed by atoms with van der Waals surface area (Å²) in [6.45, 7) is 0.873. The molecule has 0 aliphatic heterocycles. The van der Waals surface area contributed by atoms with Gasteiger partial charge in [-0.3, -0.25) is 0 Å². The highest BCUT2D eigenvalue weighted by atomic mass is 32.1.